The molecular weight excluding hydrogens is 264 g/mol. The Bertz CT molecular complexity index is 444. The molecule has 0 aromatic rings. The largest absolute Gasteiger partial charge is 0.478 e. The van der Waals surface area contributed by atoms with Crippen molar-refractivity contribution in [1.82, 2.24) is 10.2 Å². The van der Waals surface area contributed by atoms with E-state index in [9.17, 15) is 14.4 Å². The Balaban J connectivity index is 2.64. The van der Waals surface area contributed by atoms with Gasteiger partial charge in [-0.1, -0.05) is 6.92 Å². The Kier molecular flexibility index (Phi) is 5.69. The van der Waals surface area contributed by atoms with Gasteiger partial charge in [-0.15, -0.1) is 0 Å². The molecule has 1 atom stereocenters. The van der Waals surface area contributed by atoms with Gasteiger partial charge in [0, 0.05) is 24.2 Å². The Hall–Kier alpha value is -1.89. The first kappa shape index (κ1) is 16.2. The summed E-state index contributed by atoms with van der Waals surface area (Å²) in [5.74, 6) is -1.86. The number of ether oxygens (including phenoxy) is 1. The summed E-state index contributed by atoms with van der Waals surface area (Å²) in [6.07, 6.45) is 0.761. The molecule has 0 saturated carbocycles. The summed E-state index contributed by atoms with van der Waals surface area (Å²) in [5.41, 5.74) is -0.0603. The fourth-order valence-electron chi connectivity index (χ4n) is 1.75. The number of carbonyl (C=O) groups is 3. The average Bonchev–Trinajstić information content (AvgIpc) is 2.45. The van der Waals surface area contributed by atoms with Crippen LogP contribution in [0.4, 0.5) is 4.79 Å². The lowest BCUT2D eigenvalue weighted by molar-refractivity contribution is -0.133. The Morgan fingerprint density at radius 1 is 1.30 bits per heavy atom. The van der Waals surface area contributed by atoms with Crippen molar-refractivity contribution in [1.29, 1.82) is 0 Å². The summed E-state index contributed by atoms with van der Waals surface area (Å²) in [4.78, 5) is 36.0. The molecule has 20 heavy (non-hydrogen) atoms. The number of carboxylic acids is 1. The number of carboxylic acid groups (broad SMARTS) is 1. The SMILES string of the molecule is CCC1CN(C(=O)NC(=O)C(C)=C(C)C(=O)O)CCO1. The van der Waals surface area contributed by atoms with Gasteiger partial charge in [-0.2, -0.15) is 0 Å². The van der Waals surface area contributed by atoms with Crippen molar-refractivity contribution in [3.8, 4) is 0 Å². The molecule has 1 unspecified atom stereocenters. The van der Waals surface area contributed by atoms with E-state index in [-0.39, 0.29) is 17.3 Å². The maximum absolute atomic E-state index is 11.9. The number of nitrogens with zero attached hydrogens (tertiary/aromatic N) is 1. The number of carbonyl (C=O) groups excluding carboxylic acids is 2. The second-order valence-electron chi connectivity index (χ2n) is 4.66. The highest BCUT2D eigenvalue weighted by atomic mass is 16.5. The lowest BCUT2D eigenvalue weighted by Gasteiger charge is -2.32. The molecule has 1 aliphatic heterocycles. The molecule has 2 N–H and O–H groups in total. The number of rotatable bonds is 3. The molecule has 1 fully saturated rings. The van der Waals surface area contributed by atoms with Gasteiger partial charge in [0.1, 0.15) is 0 Å². The van der Waals surface area contributed by atoms with E-state index in [0.29, 0.717) is 19.7 Å². The summed E-state index contributed by atoms with van der Waals surface area (Å²) < 4.78 is 5.44. The van der Waals surface area contributed by atoms with Crippen LogP contribution >= 0.6 is 0 Å². The van der Waals surface area contributed by atoms with E-state index in [1.165, 1.54) is 18.7 Å². The predicted octanol–water partition coefficient (Wildman–Crippen LogP) is 0.754. The summed E-state index contributed by atoms with van der Waals surface area (Å²) in [5, 5.41) is 11.0. The van der Waals surface area contributed by atoms with Gasteiger partial charge in [-0.3, -0.25) is 10.1 Å². The summed E-state index contributed by atoms with van der Waals surface area (Å²) in [7, 11) is 0. The number of urea groups is 1. The van der Waals surface area contributed by atoms with Gasteiger partial charge >= 0.3 is 12.0 Å². The van der Waals surface area contributed by atoms with Crippen LogP contribution in [0.1, 0.15) is 27.2 Å². The first-order chi connectivity index (χ1) is 9.36. The molecule has 0 aromatic carbocycles. The van der Waals surface area contributed by atoms with Crippen LogP contribution in [-0.4, -0.2) is 53.7 Å². The van der Waals surface area contributed by atoms with Gasteiger partial charge < -0.3 is 14.7 Å². The van der Waals surface area contributed by atoms with E-state index in [1.807, 2.05) is 6.92 Å². The Labute approximate surface area is 117 Å². The van der Waals surface area contributed by atoms with E-state index in [0.717, 1.165) is 6.42 Å². The minimum Gasteiger partial charge on any atom is -0.478 e. The van der Waals surface area contributed by atoms with Crippen LogP contribution in [0, 0.1) is 0 Å². The van der Waals surface area contributed by atoms with E-state index >= 15 is 0 Å². The van der Waals surface area contributed by atoms with Crippen LogP contribution in [0.2, 0.25) is 0 Å². The van der Waals surface area contributed by atoms with Gasteiger partial charge in [0.2, 0.25) is 0 Å². The smallest absolute Gasteiger partial charge is 0.331 e. The third-order valence-electron chi connectivity index (χ3n) is 3.33. The van der Waals surface area contributed by atoms with Gasteiger partial charge in [0.25, 0.3) is 5.91 Å². The highest BCUT2D eigenvalue weighted by Gasteiger charge is 2.25. The molecule has 112 valence electrons. The summed E-state index contributed by atoms with van der Waals surface area (Å²) in [6.45, 7) is 5.93. The first-order valence-electron chi connectivity index (χ1n) is 6.49. The Morgan fingerprint density at radius 2 is 1.95 bits per heavy atom. The third kappa shape index (κ3) is 4.06. The van der Waals surface area contributed by atoms with Crippen LogP contribution in [0.25, 0.3) is 0 Å². The number of hydrogen-bond donors (Lipinski definition) is 2. The molecule has 3 amide bonds. The third-order valence-corrected chi connectivity index (χ3v) is 3.33. The number of aliphatic carboxylic acids is 1. The van der Waals surface area contributed by atoms with Crippen molar-refractivity contribution in [3.63, 3.8) is 0 Å². The summed E-state index contributed by atoms with van der Waals surface area (Å²) >= 11 is 0. The van der Waals surface area contributed by atoms with Crippen molar-refractivity contribution >= 4 is 17.9 Å². The van der Waals surface area contributed by atoms with E-state index in [1.54, 1.807) is 0 Å². The van der Waals surface area contributed by atoms with E-state index in [4.69, 9.17) is 9.84 Å². The zero-order valence-electron chi connectivity index (χ0n) is 11.9. The number of hydrogen-bond acceptors (Lipinski definition) is 4. The monoisotopic (exact) mass is 284 g/mol. The minimum atomic E-state index is -1.18. The molecule has 1 rings (SSSR count). The van der Waals surface area contributed by atoms with Crippen LogP contribution in [0.15, 0.2) is 11.1 Å². The fourth-order valence-corrected chi connectivity index (χ4v) is 1.75. The second-order valence-corrected chi connectivity index (χ2v) is 4.66. The molecule has 1 heterocycles. The van der Waals surface area contributed by atoms with Gasteiger partial charge in [-0.25, -0.2) is 9.59 Å². The molecule has 0 aromatic heterocycles. The number of imide groups is 1. The van der Waals surface area contributed by atoms with Crippen LogP contribution in [0.3, 0.4) is 0 Å². The van der Waals surface area contributed by atoms with Crippen molar-refractivity contribution in [2.75, 3.05) is 19.7 Å². The fraction of sp³-hybridized carbons (Fsp3) is 0.615. The number of amides is 3. The number of morpholine rings is 1. The van der Waals surface area contributed by atoms with Crippen molar-refractivity contribution in [2.45, 2.75) is 33.3 Å². The molecule has 0 aliphatic carbocycles. The molecular formula is C13H20N2O5. The number of nitrogens with one attached hydrogen (secondary N) is 1. The van der Waals surface area contributed by atoms with Crippen LogP contribution in [0.5, 0.6) is 0 Å². The second kappa shape index (κ2) is 7.04. The maximum Gasteiger partial charge on any atom is 0.331 e. The van der Waals surface area contributed by atoms with E-state index < -0.39 is 17.9 Å². The maximum atomic E-state index is 11.9. The predicted molar refractivity (Wildman–Crippen MR) is 71.2 cm³/mol. The summed E-state index contributed by atoms with van der Waals surface area (Å²) in [6, 6.07) is -0.519. The highest BCUT2D eigenvalue weighted by molar-refractivity contribution is 6.07. The molecule has 0 bridgehead atoms. The first-order valence-corrected chi connectivity index (χ1v) is 6.49. The van der Waals surface area contributed by atoms with Crippen molar-refractivity contribution in [2.24, 2.45) is 0 Å². The zero-order valence-corrected chi connectivity index (χ0v) is 11.9. The lowest BCUT2D eigenvalue weighted by Crippen LogP contribution is -2.51. The highest BCUT2D eigenvalue weighted by Crippen LogP contribution is 2.09. The molecule has 0 radical (unpaired) electrons. The normalized spacial score (nSPS) is 20.1. The molecule has 1 saturated heterocycles. The lowest BCUT2D eigenvalue weighted by atomic mass is 10.1. The van der Waals surface area contributed by atoms with Gasteiger partial charge in [0.15, 0.2) is 0 Å². The van der Waals surface area contributed by atoms with Gasteiger partial charge in [0.05, 0.1) is 12.7 Å². The molecule has 7 heteroatoms. The molecule has 0 spiro atoms. The Morgan fingerprint density at radius 3 is 2.50 bits per heavy atom. The van der Waals surface area contributed by atoms with Gasteiger partial charge in [-0.05, 0) is 20.3 Å². The molecule has 7 nitrogen and oxygen atoms in total. The average molecular weight is 284 g/mol. The van der Waals surface area contributed by atoms with E-state index in [2.05, 4.69) is 5.32 Å². The van der Waals surface area contributed by atoms with Crippen molar-refractivity contribution < 1.29 is 24.2 Å². The molecule has 1 aliphatic rings. The van der Waals surface area contributed by atoms with Crippen molar-refractivity contribution in [3.05, 3.63) is 11.1 Å². The quantitative estimate of drug-likeness (QED) is 0.746. The van der Waals surface area contributed by atoms with Crippen LogP contribution in [-0.2, 0) is 14.3 Å². The topological polar surface area (TPSA) is 95.9 Å². The minimum absolute atomic E-state index is 0.0196. The standard InChI is InChI=1S/C13H20N2O5/c1-4-10-7-15(5-6-20-10)13(19)14-11(16)8(2)9(3)12(17)18/h10H,4-7H2,1-3H3,(H,17,18)(H,14,16,19). The van der Waals surface area contributed by atoms with Crippen LogP contribution < -0.4 is 5.32 Å². The zero-order chi connectivity index (χ0) is 15.3.